The minimum atomic E-state index is -0.241. The van der Waals surface area contributed by atoms with Gasteiger partial charge in [-0.25, -0.2) is 10.1 Å². The quantitative estimate of drug-likeness (QED) is 0.428. The van der Waals surface area contributed by atoms with Crippen molar-refractivity contribution < 1.29 is 4.74 Å². The maximum atomic E-state index is 9.29. The molecule has 2 aliphatic heterocycles. The van der Waals surface area contributed by atoms with Crippen LogP contribution in [0.15, 0.2) is 83.1 Å². The number of nitrogens with zero attached hydrogens (tertiary/aromatic N) is 3. The lowest BCUT2D eigenvalue weighted by atomic mass is 9.84. The predicted molar refractivity (Wildman–Crippen MR) is 121 cm³/mol. The van der Waals surface area contributed by atoms with E-state index < -0.39 is 0 Å². The molecule has 0 aromatic heterocycles. The number of allylic oxidation sites excluding steroid dienone is 9. The van der Waals surface area contributed by atoms with Gasteiger partial charge in [0.1, 0.15) is 11.5 Å². The summed E-state index contributed by atoms with van der Waals surface area (Å²) in [5, 5.41) is 9.29. The van der Waals surface area contributed by atoms with Crippen LogP contribution in [0, 0.1) is 23.3 Å². The summed E-state index contributed by atoms with van der Waals surface area (Å²) in [4.78, 5) is 5.57. The number of hydrogen-bond donors (Lipinski definition) is 0. The summed E-state index contributed by atoms with van der Waals surface area (Å²) in [6.45, 7) is 17.9. The van der Waals surface area contributed by atoms with Gasteiger partial charge in [-0.05, 0) is 41.5 Å². The summed E-state index contributed by atoms with van der Waals surface area (Å²) in [6.07, 6.45) is 9.49. The number of likely N-dealkylation sites (N-methyl/N-ethyl adjacent to an activating group) is 1. The Morgan fingerprint density at radius 3 is 2.53 bits per heavy atom. The molecule has 0 saturated heterocycles. The van der Waals surface area contributed by atoms with Crippen molar-refractivity contribution in [1.29, 1.82) is 5.26 Å². The number of hydrogen-bond acceptors (Lipinski definition) is 3. The number of benzene rings is 1. The van der Waals surface area contributed by atoms with E-state index in [0.717, 1.165) is 5.76 Å². The van der Waals surface area contributed by atoms with Crippen LogP contribution in [0.5, 0.6) is 0 Å². The Morgan fingerprint density at radius 1 is 1.23 bits per heavy atom. The van der Waals surface area contributed by atoms with Crippen molar-refractivity contribution in [3.05, 3.63) is 100 Å². The van der Waals surface area contributed by atoms with Crippen LogP contribution in [-0.2, 0) is 10.2 Å². The Bertz CT molecular complexity index is 1090. The van der Waals surface area contributed by atoms with Crippen LogP contribution in [0.3, 0.4) is 0 Å². The van der Waals surface area contributed by atoms with Gasteiger partial charge < -0.3 is 9.64 Å². The van der Waals surface area contributed by atoms with Crippen molar-refractivity contribution in [2.24, 2.45) is 5.41 Å². The summed E-state index contributed by atoms with van der Waals surface area (Å²) in [5.41, 5.74) is 4.02. The van der Waals surface area contributed by atoms with Gasteiger partial charge >= 0.3 is 0 Å². The molecule has 30 heavy (non-hydrogen) atoms. The molecule has 4 heteroatoms. The van der Waals surface area contributed by atoms with Crippen molar-refractivity contribution >= 4 is 5.69 Å². The van der Waals surface area contributed by atoms with Gasteiger partial charge in [-0.2, -0.15) is 0 Å². The van der Waals surface area contributed by atoms with Gasteiger partial charge in [-0.15, -0.1) is 0 Å². The molecule has 0 atom stereocenters. The molecule has 0 unspecified atom stereocenters. The molecule has 1 aromatic carbocycles. The Morgan fingerprint density at radius 2 is 1.93 bits per heavy atom. The standard InChI is InChI=1S/C26H27N3O/c1-25(2,3)24-16-18(21(17-27)28-6)15-19(30-24)11-10-14-23-26(4,5)20-12-8-9-13-22(20)29(23)7/h8-16H,1-5,7H3. The highest BCUT2D eigenvalue weighted by atomic mass is 16.5. The predicted octanol–water partition coefficient (Wildman–Crippen LogP) is 6.40. The lowest BCUT2D eigenvalue weighted by molar-refractivity contribution is 0.223. The van der Waals surface area contributed by atoms with E-state index in [-0.39, 0.29) is 16.5 Å². The van der Waals surface area contributed by atoms with Gasteiger partial charge in [0.15, 0.2) is 0 Å². The van der Waals surface area contributed by atoms with E-state index in [1.165, 1.54) is 16.9 Å². The smallest absolute Gasteiger partial charge is 0.269 e. The molecule has 0 amide bonds. The van der Waals surface area contributed by atoms with Crippen molar-refractivity contribution in [1.82, 2.24) is 0 Å². The molecule has 0 bridgehead atoms. The highest BCUT2D eigenvalue weighted by Gasteiger charge is 2.37. The summed E-state index contributed by atoms with van der Waals surface area (Å²) < 4.78 is 6.07. The first-order valence-electron chi connectivity index (χ1n) is 9.95. The van der Waals surface area contributed by atoms with Gasteiger partial charge in [0, 0.05) is 29.3 Å². The second-order valence-corrected chi connectivity index (χ2v) is 9.05. The number of nitriles is 1. The van der Waals surface area contributed by atoms with E-state index in [1.807, 2.05) is 39.0 Å². The highest BCUT2D eigenvalue weighted by Crippen LogP contribution is 2.46. The van der Waals surface area contributed by atoms with E-state index in [4.69, 9.17) is 11.3 Å². The summed E-state index contributed by atoms with van der Waals surface area (Å²) >= 11 is 0. The van der Waals surface area contributed by atoms with Crippen molar-refractivity contribution in [3.8, 4) is 6.07 Å². The normalized spacial score (nSPS) is 20.8. The molecule has 1 aromatic rings. The minimum absolute atomic E-state index is 0.0661. The number of ether oxygens (including phenoxy) is 1. The Kier molecular flexibility index (Phi) is 5.47. The fourth-order valence-electron chi connectivity index (χ4n) is 3.80. The van der Waals surface area contributed by atoms with Gasteiger partial charge in [0.2, 0.25) is 0 Å². The summed E-state index contributed by atoms with van der Waals surface area (Å²) in [5.74, 6) is 1.34. The largest absolute Gasteiger partial charge is 0.461 e. The molecule has 0 N–H and O–H groups in total. The fourth-order valence-corrected chi connectivity index (χ4v) is 3.80. The Hall–Kier alpha value is -3.50. The lowest BCUT2D eigenvalue weighted by Crippen LogP contribution is -2.22. The molecular formula is C26H27N3O. The fraction of sp³-hybridized carbons (Fsp3) is 0.308. The third kappa shape index (κ3) is 3.82. The molecule has 2 aliphatic rings. The molecule has 0 saturated carbocycles. The van der Waals surface area contributed by atoms with Crippen molar-refractivity contribution in [2.45, 2.75) is 40.0 Å². The molecule has 0 radical (unpaired) electrons. The summed E-state index contributed by atoms with van der Waals surface area (Å²) in [6, 6.07) is 10.4. The van der Waals surface area contributed by atoms with Crippen LogP contribution in [0.25, 0.3) is 4.85 Å². The SMILES string of the molecule is [C-]#[N+]C(C#N)=C1C=C(C=CC=C2N(C)c3ccccc3C2(C)C)OC(C(C)(C)C)=C1. The topological polar surface area (TPSA) is 40.6 Å². The van der Waals surface area contributed by atoms with Gasteiger partial charge in [-0.3, -0.25) is 0 Å². The van der Waals surface area contributed by atoms with Crippen molar-refractivity contribution in [3.63, 3.8) is 0 Å². The van der Waals surface area contributed by atoms with E-state index in [2.05, 4.69) is 61.0 Å². The zero-order chi connectivity index (χ0) is 22.1. The Labute approximate surface area is 179 Å². The average Bonchev–Trinajstić information content (AvgIpc) is 2.89. The molecule has 152 valence electrons. The molecule has 4 nitrogen and oxygen atoms in total. The molecule has 0 fully saturated rings. The molecule has 0 aliphatic carbocycles. The first-order valence-corrected chi connectivity index (χ1v) is 9.95. The maximum absolute atomic E-state index is 9.29. The third-order valence-electron chi connectivity index (χ3n) is 5.50. The van der Waals surface area contributed by atoms with Crippen LogP contribution in [0.1, 0.15) is 40.2 Å². The van der Waals surface area contributed by atoms with Crippen LogP contribution in [0.4, 0.5) is 5.69 Å². The highest BCUT2D eigenvalue weighted by molar-refractivity contribution is 5.70. The maximum Gasteiger partial charge on any atom is 0.269 e. The zero-order valence-corrected chi connectivity index (χ0v) is 18.4. The Balaban J connectivity index is 1.96. The lowest BCUT2D eigenvalue weighted by Gasteiger charge is -2.26. The first kappa shape index (κ1) is 21.2. The zero-order valence-electron chi connectivity index (χ0n) is 18.4. The van der Waals surface area contributed by atoms with Crippen LogP contribution in [-0.4, -0.2) is 7.05 Å². The average molecular weight is 398 g/mol. The number of rotatable bonds is 2. The van der Waals surface area contributed by atoms with E-state index in [1.54, 1.807) is 12.2 Å². The molecular weight excluding hydrogens is 370 g/mol. The first-order chi connectivity index (χ1) is 14.1. The van der Waals surface area contributed by atoms with E-state index in [0.29, 0.717) is 11.3 Å². The van der Waals surface area contributed by atoms with E-state index in [9.17, 15) is 5.26 Å². The third-order valence-corrected chi connectivity index (χ3v) is 5.50. The van der Waals surface area contributed by atoms with Crippen LogP contribution < -0.4 is 4.90 Å². The van der Waals surface area contributed by atoms with Gasteiger partial charge in [0.05, 0.1) is 12.6 Å². The number of fused-ring (bicyclic) bond motifs is 1. The second-order valence-electron chi connectivity index (χ2n) is 9.05. The summed E-state index contributed by atoms with van der Waals surface area (Å²) in [7, 11) is 2.08. The molecule has 0 spiro atoms. The molecule has 3 rings (SSSR count). The van der Waals surface area contributed by atoms with E-state index >= 15 is 0 Å². The van der Waals surface area contributed by atoms with Gasteiger partial charge in [0.25, 0.3) is 5.70 Å². The number of para-hydroxylation sites is 1. The van der Waals surface area contributed by atoms with Crippen molar-refractivity contribution in [2.75, 3.05) is 11.9 Å². The molecule has 2 heterocycles. The second kappa shape index (κ2) is 7.73. The van der Waals surface area contributed by atoms with Crippen LogP contribution >= 0.6 is 0 Å². The number of anilines is 1. The van der Waals surface area contributed by atoms with Crippen LogP contribution in [0.2, 0.25) is 0 Å². The monoisotopic (exact) mass is 397 g/mol. The van der Waals surface area contributed by atoms with Gasteiger partial charge in [-0.1, -0.05) is 58.9 Å². The minimum Gasteiger partial charge on any atom is -0.461 e.